The molecule has 1 fully saturated rings. The molecule has 0 amide bonds. The van der Waals surface area contributed by atoms with Crippen molar-refractivity contribution in [1.82, 2.24) is 10.3 Å². The van der Waals surface area contributed by atoms with Gasteiger partial charge >= 0.3 is 0 Å². The summed E-state index contributed by atoms with van der Waals surface area (Å²) in [6.07, 6.45) is 2.69. The molecule has 3 nitrogen and oxygen atoms in total. The summed E-state index contributed by atoms with van der Waals surface area (Å²) in [6, 6.07) is 8.57. The molecule has 0 bridgehead atoms. The Morgan fingerprint density at radius 3 is 2.74 bits per heavy atom. The van der Waals surface area contributed by atoms with Gasteiger partial charge in [0.05, 0.1) is 5.69 Å². The van der Waals surface area contributed by atoms with Gasteiger partial charge in [-0.1, -0.05) is 18.2 Å². The summed E-state index contributed by atoms with van der Waals surface area (Å²) in [6.45, 7) is 4.43. The van der Waals surface area contributed by atoms with Gasteiger partial charge in [0.2, 0.25) is 0 Å². The minimum absolute atomic E-state index is 0.494. The van der Waals surface area contributed by atoms with Gasteiger partial charge in [-0.15, -0.1) is 0 Å². The van der Waals surface area contributed by atoms with E-state index in [1.807, 2.05) is 0 Å². The number of hydrogen-bond acceptors (Lipinski definition) is 2. The van der Waals surface area contributed by atoms with Crippen LogP contribution in [0.5, 0.6) is 0 Å². The minimum atomic E-state index is 0.494. The van der Waals surface area contributed by atoms with Crippen molar-refractivity contribution < 1.29 is 0 Å². The van der Waals surface area contributed by atoms with Crippen LogP contribution in [0, 0.1) is 12.3 Å². The molecule has 19 heavy (non-hydrogen) atoms. The number of aromatic nitrogens is 1. The molecule has 0 atom stereocenters. The predicted molar refractivity (Wildman–Crippen MR) is 81.9 cm³/mol. The molecule has 0 saturated heterocycles. The molecule has 2 aromatic rings. The third-order valence-corrected chi connectivity index (χ3v) is 4.32. The maximum atomic E-state index is 3.49. The molecule has 0 radical (unpaired) electrons. The number of aryl methyl sites for hydroxylation is 1. The van der Waals surface area contributed by atoms with E-state index in [2.05, 4.69) is 60.5 Å². The Morgan fingerprint density at radius 2 is 2.05 bits per heavy atom. The number of anilines is 1. The average molecular weight is 257 g/mol. The van der Waals surface area contributed by atoms with Gasteiger partial charge in [-0.25, -0.2) is 0 Å². The molecule has 1 heterocycles. The second kappa shape index (κ2) is 4.57. The number of benzene rings is 1. The molecule has 1 aliphatic carbocycles. The summed E-state index contributed by atoms with van der Waals surface area (Å²) in [7, 11) is 4.27. The molecule has 3 heteroatoms. The maximum absolute atomic E-state index is 3.49. The van der Waals surface area contributed by atoms with Gasteiger partial charge in [-0.3, -0.25) is 0 Å². The fourth-order valence-electron chi connectivity index (χ4n) is 3.28. The predicted octanol–water partition coefficient (Wildman–Crippen LogP) is 2.91. The molecule has 0 spiro atoms. The zero-order valence-electron chi connectivity index (χ0n) is 12.1. The van der Waals surface area contributed by atoms with Crippen molar-refractivity contribution in [2.24, 2.45) is 5.41 Å². The summed E-state index contributed by atoms with van der Waals surface area (Å²) in [5.41, 5.74) is 4.36. The first-order valence-corrected chi connectivity index (χ1v) is 7.08. The number of aromatic amines is 1. The smallest absolute Gasteiger partial charge is 0.0651 e. The van der Waals surface area contributed by atoms with Crippen molar-refractivity contribution in [3.63, 3.8) is 0 Å². The Bertz CT molecular complexity index is 581. The average Bonchev–Trinajstić information content (AvgIpc) is 3.03. The number of hydrogen-bond donors (Lipinski definition) is 2. The second-order valence-corrected chi connectivity index (χ2v) is 6.03. The van der Waals surface area contributed by atoms with E-state index in [4.69, 9.17) is 0 Å². The lowest BCUT2D eigenvalue weighted by Gasteiger charge is -2.26. The lowest BCUT2D eigenvalue weighted by atomic mass is 10.1. The largest absolute Gasteiger partial charge is 0.372 e. The first-order valence-electron chi connectivity index (χ1n) is 7.08. The summed E-state index contributed by atoms with van der Waals surface area (Å²) < 4.78 is 0. The van der Waals surface area contributed by atoms with Crippen LogP contribution in [0.4, 0.5) is 5.69 Å². The number of H-pyrrole nitrogens is 1. The third-order valence-electron chi connectivity index (χ3n) is 4.32. The van der Waals surface area contributed by atoms with E-state index < -0.39 is 0 Å². The van der Waals surface area contributed by atoms with Crippen molar-refractivity contribution in [2.75, 3.05) is 32.1 Å². The molecule has 0 aliphatic heterocycles. The first kappa shape index (κ1) is 12.5. The van der Waals surface area contributed by atoms with E-state index in [1.54, 1.807) is 0 Å². The van der Waals surface area contributed by atoms with Crippen LogP contribution in [0.3, 0.4) is 0 Å². The first-order chi connectivity index (χ1) is 9.15. The van der Waals surface area contributed by atoms with Crippen LogP contribution in [-0.4, -0.2) is 32.2 Å². The van der Waals surface area contributed by atoms with E-state index in [0.29, 0.717) is 5.41 Å². The number of rotatable bonds is 5. The topological polar surface area (TPSA) is 31.1 Å². The van der Waals surface area contributed by atoms with Crippen LogP contribution in [0.1, 0.15) is 18.5 Å². The van der Waals surface area contributed by atoms with Gasteiger partial charge in [0.1, 0.15) is 0 Å². The fraction of sp³-hybridized carbons (Fsp3) is 0.500. The molecule has 102 valence electrons. The Hall–Kier alpha value is -1.48. The van der Waals surface area contributed by atoms with Gasteiger partial charge in [-0.05, 0) is 32.9 Å². The second-order valence-electron chi connectivity index (χ2n) is 6.03. The van der Waals surface area contributed by atoms with Crippen LogP contribution < -0.4 is 10.2 Å². The standard InChI is InChI=1S/C16H23N3/c1-12-15(13-6-4-5-7-14(13)18-12)19(3)11-16(8-9-16)10-17-2/h4-7,17-18H,8-11H2,1-3H3. The number of fused-ring (bicyclic) bond motifs is 1. The Balaban J connectivity index is 1.89. The van der Waals surface area contributed by atoms with E-state index >= 15 is 0 Å². The quantitative estimate of drug-likeness (QED) is 0.863. The van der Waals surface area contributed by atoms with Gasteiger partial charge in [0.15, 0.2) is 0 Å². The lowest BCUT2D eigenvalue weighted by molar-refractivity contribution is 0.482. The highest BCUT2D eigenvalue weighted by Crippen LogP contribution is 2.46. The zero-order valence-corrected chi connectivity index (χ0v) is 12.1. The maximum Gasteiger partial charge on any atom is 0.0651 e. The van der Waals surface area contributed by atoms with Crippen molar-refractivity contribution in [2.45, 2.75) is 19.8 Å². The normalized spacial score (nSPS) is 16.8. The van der Waals surface area contributed by atoms with Crippen molar-refractivity contribution >= 4 is 16.6 Å². The molecular formula is C16H23N3. The summed E-state index contributed by atoms with van der Waals surface area (Å²) in [4.78, 5) is 5.92. The Labute approximate surface area is 115 Å². The van der Waals surface area contributed by atoms with Crippen molar-refractivity contribution in [3.05, 3.63) is 30.0 Å². The molecular weight excluding hydrogens is 234 g/mol. The van der Waals surface area contributed by atoms with E-state index in [9.17, 15) is 0 Å². The van der Waals surface area contributed by atoms with Crippen LogP contribution >= 0.6 is 0 Å². The van der Waals surface area contributed by atoms with Crippen molar-refractivity contribution in [3.8, 4) is 0 Å². The van der Waals surface area contributed by atoms with Crippen LogP contribution in [0.15, 0.2) is 24.3 Å². The SMILES string of the molecule is CNCC1(CN(C)c2c(C)[nH]c3ccccc23)CC1. The molecule has 1 saturated carbocycles. The third kappa shape index (κ3) is 2.23. The number of para-hydroxylation sites is 1. The van der Waals surface area contributed by atoms with Gasteiger partial charge in [0.25, 0.3) is 0 Å². The highest BCUT2D eigenvalue weighted by Gasteiger charge is 2.43. The molecule has 3 rings (SSSR count). The summed E-state index contributed by atoms with van der Waals surface area (Å²) in [5.74, 6) is 0. The molecule has 1 aromatic carbocycles. The summed E-state index contributed by atoms with van der Waals surface area (Å²) in [5, 5.41) is 4.67. The highest BCUT2D eigenvalue weighted by atomic mass is 15.1. The molecule has 1 aromatic heterocycles. The van der Waals surface area contributed by atoms with Crippen LogP contribution in [0.25, 0.3) is 10.9 Å². The monoisotopic (exact) mass is 257 g/mol. The van der Waals surface area contributed by atoms with Gasteiger partial charge in [0, 0.05) is 42.1 Å². The van der Waals surface area contributed by atoms with Gasteiger partial charge in [-0.2, -0.15) is 0 Å². The van der Waals surface area contributed by atoms with E-state index in [-0.39, 0.29) is 0 Å². The lowest BCUT2D eigenvalue weighted by Crippen LogP contribution is -2.33. The number of nitrogens with zero attached hydrogens (tertiary/aromatic N) is 1. The van der Waals surface area contributed by atoms with Crippen LogP contribution in [-0.2, 0) is 0 Å². The zero-order chi connectivity index (χ0) is 13.5. The molecule has 0 unspecified atom stereocenters. The molecule has 1 aliphatic rings. The van der Waals surface area contributed by atoms with Crippen LogP contribution in [0.2, 0.25) is 0 Å². The van der Waals surface area contributed by atoms with Crippen molar-refractivity contribution in [1.29, 1.82) is 0 Å². The molecule has 2 N–H and O–H groups in total. The summed E-state index contributed by atoms with van der Waals surface area (Å²) >= 11 is 0. The fourth-order valence-corrected chi connectivity index (χ4v) is 3.28. The van der Waals surface area contributed by atoms with E-state index in [1.165, 1.54) is 35.1 Å². The number of nitrogens with one attached hydrogen (secondary N) is 2. The Morgan fingerprint density at radius 1 is 1.32 bits per heavy atom. The Kier molecular flexibility index (Phi) is 3.02. The van der Waals surface area contributed by atoms with Gasteiger partial charge < -0.3 is 15.2 Å². The minimum Gasteiger partial charge on any atom is -0.372 e. The van der Waals surface area contributed by atoms with E-state index in [0.717, 1.165) is 13.1 Å². The highest BCUT2D eigenvalue weighted by molar-refractivity contribution is 5.94.